The van der Waals surface area contributed by atoms with E-state index in [2.05, 4.69) is 0 Å². The molecule has 0 aliphatic carbocycles. The molecule has 4 nitrogen and oxygen atoms in total. The third kappa shape index (κ3) is 3.92. The summed E-state index contributed by atoms with van der Waals surface area (Å²) in [7, 11) is 0. The van der Waals surface area contributed by atoms with E-state index in [0.29, 0.717) is 29.1 Å². The fourth-order valence-corrected chi connectivity index (χ4v) is 1.93. The molecule has 0 radical (unpaired) electrons. The van der Waals surface area contributed by atoms with Gasteiger partial charge in [-0.15, -0.1) is 0 Å². The summed E-state index contributed by atoms with van der Waals surface area (Å²) in [5.74, 6) is 0.0172. The molecular formula is C14H20N2O2S. The monoisotopic (exact) mass is 280 g/mol. The molecule has 0 saturated carbocycles. The van der Waals surface area contributed by atoms with Crippen molar-refractivity contribution in [3.05, 3.63) is 29.3 Å². The van der Waals surface area contributed by atoms with Crippen LogP contribution < -0.4 is 5.73 Å². The number of nitrogens with zero attached hydrogens (tertiary/aromatic N) is 1. The highest BCUT2D eigenvalue weighted by Gasteiger charge is 2.21. The van der Waals surface area contributed by atoms with Crippen LogP contribution in [-0.2, 0) is 0 Å². The highest BCUT2D eigenvalue weighted by molar-refractivity contribution is 7.80. The summed E-state index contributed by atoms with van der Waals surface area (Å²) in [6.45, 7) is 6.10. The van der Waals surface area contributed by atoms with Crippen LogP contribution in [0.5, 0.6) is 5.75 Å². The predicted octanol–water partition coefficient (Wildman–Crippen LogP) is 2.23. The van der Waals surface area contributed by atoms with Crippen molar-refractivity contribution in [3.63, 3.8) is 0 Å². The fourth-order valence-electron chi connectivity index (χ4n) is 1.83. The van der Waals surface area contributed by atoms with E-state index >= 15 is 0 Å². The van der Waals surface area contributed by atoms with E-state index in [1.54, 1.807) is 30.0 Å². The van der Waals surface area contributed by atoms with Crippen LogP contribution in [0, 0.1) is 6.92 Å². The maximum atomic E-state index is 12.5. The molecule has 0 spiro atoms. The number of aromatic hydroxyl groups is 1. The van der Waals surface area contributed by atoms with Gasteiger partial charge in [-0.25, -0.2) is 0 Å². The summed E-state index contributed by atoms with van der Waals surface area (Å²) in [6, 6.07) is 5.00. The number of thiocarbonyl (C=S) groups is 1. The van der Waals surface area contributed by atoms with Crippen LogP contribution in [0.4, 0.5) is 0 Å². The summed E-state index contributed by atoms with van der Waals surface area (Å²) >= 11 is 4.85. The quantitative estimate of drug-likeness (QED) is 0.812. The molecular weight excluding hydrogens is 260 g/mol. The maximum absolute atomic E-state index is 12.5. The van der Waals surface area contributed by atoms with Crippen molar-refractivity contribution in [2.45, 2.75) is 33.2 Å². The molecule has 0 heterocycles. The largest absolute Gasteiger partial charge is 0.508 e. The first-order valence-corrected chi connectivity index (χ1v) is 6.63. The van der Waals surface area contributed by atoms with Crippen molar-refractivity contribution in [2.75, 3.05) is 6.54 Å². The van der Waals surface area contributed by atoms with E-state index < -0.39 is 0 Å². The molecule has 1 rings (SSSR count). The van der Waals surface area contributed by atoms with Crippen molar-refractivity contribution < 1.29 is 9.90 Å². The van der Waals surface area contributed by atoms with Gasteiger partial charge in [0.2, 0.25) is 0 Å². The highest BCUT2D eigenvalue weighted by atomic mass is 32.1. The van der Waals surface area contributed by atoms with Gasteiger partial charge >= 0.3 is 0 Å². The molecule has 0 unspecified atom stereocenters. The Balaban J connectivity index is 2.99. The lowest BCUT2D eigenvalue weighted by Crippen LogP contribution is -2.39. The Morgan fingerprint density at radius 1 is 1.47 bits per heavy atom. The molecule has 3 N–H and O–H groups in total. The molecule has 1 aromatic carbocycles. The van der Waals surface area contributed by atoms with E-state index in [9.17, 15) is 9.90 Å². The van der Waals surface area contributed by atoms with Gasteiger partial charge in [-0.05, 0) is 32.9 Å². The summed E-state index contributed by atoms with van der Waals surface area (Å²) in [4.78, 5) is 14.6. The highest BCUT2D eigenvalue weighted by Crippen LogP contribution is 2.21. The van der Waals surface area contributed by atoms with Gasteiger partial charge in [0.05, 0.1) is 4.99 Å². The van der Waals surface area contributed by atoms with Gasteiger partial charge in [-0.1, -0.05) is 18.3 Å². The number of benzene rings is 1. The van der Waals surface area contributed by atoms with Gasteiger partial charge in [0.1, 0.15) is 5.75 Å². The van der Waals surface area contributed by atoms with Crippen molar-refractivity contribution >= 4 is 23.1 Å². The number of phenolic OH excluding ortho intramolecular Hbond substituents is 1. The molecule has 0 saturated heterocycles. The lowest BCUT2D eigenvalue weighted by atomic mass is 10.1. The fraction of sp³-hybridized carbons (Fsp3) is 0.429. The van der Waals surface area contributed by atoms with Crippen molar-refractivity contribution in [2.24, 2.45) is 5.73 Å². The SMILES string of the molecule is Cc1c(O)cccc1C(=O)N(CCC(N)=S)C(C)C. The Bertz CT molecular complexity index is 486. The van der Waals surface area contributed by atoms with Crippen LogP contribution in [0.15, 0.2) is 18.2 Å². The van der Waals surface area contributed by atoms with Crippen molar-refractivity contribution in [1.82, 2.24) is 4.90 Å². The molecule has 0 aliphatic heterocycles. The molecule has 19 heavy (non-hydrogen) atoms. The molecule has 0 fully saturated rings. The van der Waals surface area contributed by atoms with Gasteiger partial charge in [-0.2, -0.15) is 0 Å². The average molecular weight is 280 g/mol. The number of hydrogen-bond donors (Lipinski definition) is 2. The molecule has 104 valence electrons. The molecule has 0 aromatic heterocycles. The van der Waals surface area contributed by atoms with E-state index in [1.165, 1.54) is 0 Å². The zero-order chi connectivity index (χ0) is 14.6. The van der Waals surface area contributed by atoms with Gasteiger partial charge < -0.3 is 15.7 Å². The minimum atomic E-state index is -0.111. The number of amides is 1. The average Bonchev–Trinajstić information content (AvgIpc) is 2.31. The normalized spacial score (nSPS) is 10.5. The number of carbonyl (C=O) groups is 1. The lowest BCUT2D eigenvalue weighted by Gasteiger charge is -2.27. The molecule has 0 atom stereocenters. The summed E-state index contributed by atoms with van der Waals surface area (Å²) in [5, 5.41) is 9.68. The maximum Gasteiger partial charge on any atom is 0.254 e. The third-order valence-electron chi connectivity index (χ3n) is 3.02. The van der Waals surface area contributed by atoms with Crippen LogP contribution >= 0.6 is 12.2 Å². The summed E-state index contributed by atoms with van der Waals surface area (Å²) in [6.07, 6.45) is 0.497. The molecule has 0 bridgehead atoms. The van der Waals surface area contributed by atoms with E-state index in [4.69, 9.17) is 18.0 Å². The Hall–Kier alpha value is -1.62. The minimum absolute atomic E-state index is 0.0450. The van der Waals surface area contributed by atoms with Crippen molar-refractivity contribution in [1.29, 1.82) is 0 Å². The summed E-state index contributed by atoms with van der Waals surface area (Å²) < 4.78 is 0. The van der Waals surface area contributed by atoms with Crippen LogP contribution in [0.2, 0.25) is 0 Å². The minimum Gasteiger partial charge on any atom is -0.508 e. The van der Waals surface area contributed by atoms with E-state index in [0.717, 1.165) is 0 Å². The van der Waals surface area contributed by atoms with E-state index in [1.807, 2.05) is 13.8 Å². The van der Waals surface area contributed by atoms with Crippen LogP contribution in [0.25, 0.3) is 0 Å². The van der Waals surface area contributed by atoms with Crippen molar-refractivity contribution in [3.8, 4) is 5.75 Å². The molecule has 0 aliphatic rings. The lowest BCUT2D eigenvalue weighted by molar-refractivity contribution is 0.0710. The Kier molecular flexibility index (Phi) is 5.30. The third-order valence-corrected chi connectivity index (χ3v) is 3.22. The first-order valence-electron chi connectivity index (χ1n) is 6.22. The number of rotatable bonds is 5. The summed E-state index contributed by atoms with van der Waals surface area (Å²) in [5.41, 5.74) is 6.59. The topological polar surface area (TPSA) is 66.6 Å². The second-order valence-electron chi connectivity index (χ2n) is 4.76. The number of nitrogens with two attached hydrogens (primary N) is 1. The predicted molar refractivity (Wildman–Crippen MR) is 80.4 cm³/mol. The van der Waals surface area contributed by atoms with Crippen LogP contribution in [-0.4, -0.2) is 33.5 Å². The first-order chi connectivity index (χ1) is 8.84. The standard InChI is InChI=1S/C14H20N2O2S/c1-9(2)16(8-7-13(15)19)14(18)11-5-4-6-12(17)10(11)3/h4-6,9,17H,7-8H2,1-3H3,(H2,15,19). The van der Waals surface area contributed by atoms with Gasteiger partial charge in [0.25, 0.3) is 5.91 Å². The number of carbonyl (C=O) groups excluding carboxylic acids is 1. The zero-order valence-corrected chi connectivity index (χ0v) is 12.3. The first kappa shape index (κ1) is 15.4. The number of phenols is 1. The van der Waals surface area contributed by atoms with E-state index in [-0.39, 0.29) is 17.7 Å². The van der Waals surface area contributed by atoms with Gasteiger partial charge in [0.15, 0.2) is 0 Å². The van der Waals surface area contributed by atoms with Gasteiger partial charge in [0, 0.05) is 30.1 Å². The Labute approximate surface area is 119 Å². The van der Waals surface area contributed by atoms with Gasteiger partial charge in [-0.3, -0.25) is 4.79 Å². The molecule has 1 amide bonds. The Morgan fingerprint density at radius 2 is 2.11 bits per heavy atom. The van der Waals surface area contributed by atoms with Crippen LogP contribution in [0.3, 0.4) is 0 Å². The Morgan fingerprint density at radius 3 is 2.63 bits per heavy atom. The molecule has 1 aromatic rings. The smallest absolute Gasteiger partial charge is 0.254 e. The second kappa shape index (κ2) is 6.52. The zero-order valence-electron chi connectivity index (χ0n) is 11.5. The van der Waals surface area contributed by atoms with Crippen LogP contribution in [0.1, 0.15) is 36.2 Å². The number of hydrogen-bond acceptors (Lipinski definition) is 3. The molecule has 5 heteroatoms. The second-order valence-corrected chi connectivity index (χ2v) is 5.28.